The van der Waals surface area contributed by atoms with Crippen LogP contribution in [0, 0.1) is 13.8 Å². The van der Waals surface area contributed by atoms with Crippen LogP contribution in [0.5, 0.6) is 11.5 Å². The molecule has 29 heavy (non-hydrogen) atoms. The Morgan fingerprint density at radius 2 is 2.14 bits per heavy atom. The van der Waals surface area contributed by atoms with Gasteiger partial charge in [-0.3, -0.25) is 14.7 Å². The fourth-order valence-corrected chi connectivity index (χ4v) is 4.62. The minimum atomic E-state index is -0.0689. The van der Waals surface area contributed by atoms with Crippen LogP contribution in [0.2, 0.25) is 0 Å². The first kappa shape index (κ1) is 18.1. The van der Waals surface area contributed by atoms with Crippen LogP contribution in [-0.2, 0) is 13.1 Å². The van der Waals surface area contributed by atoms with Crippen LogP contribution >= 0.6 is 11.3 Å². The molecular formula is C23H20N2O3S. The van der Waals surface area contributed by atoms with E-state index in [4.69, 9.17) is 9.47 Å². The first-order chi connectivity index (χ1) is 14.1. The number of fused-ring (bicyclic) bond motifs is 2. The number of nitrogens with zero attached hydrogens (tertiary/aromatic N) is 2. The number of carbonyl (C=O) groups excluding carboxylic acids is 1. The van der Waals surface area contributed by atoms with Gasteiger partial charge in [0.25, 0.3) is 0 Å². The minimum absolute atomic E-state index is 0.0689. The van der Waals surface area contributed by atoms with Gasteiger partial charge in [0.05, 0.1) is 11.3 Å². The third-order valence-corrected chi connectivity index (χ3v) is 6.24. The Hall–Kier alpha value is -2.96. The Bertz CT molecular complexity index is 1130. The van der Waals surface area contributed by atoms with Crippen LogP contribution in [0.4, 0.5) is 0 Å². The predicted octanol–water partition coefficient (Wildman–Crippen LogP) is 4.73. The number of rotatable bonds is 3. The number of allylic oxidation sites excluding steroid dienone is 1. The van der Waals surface area contributed by atoms with Gasteiger partial charge in [0.15, 0.2) is 5.76 Å². The van der Waals surface area contributed by atoms with Gasteiger partial charge in [-0.05, 0) is 49.1 Å². The molecule has 0 N–H and O–H groups in total. The molecule has 0 radical (unpaired) electrons. The molecule has 0 saturated heterocycles. The standard InChI is InChI=1S/C23H20N2O3S/c1-14-6-8-29-20(14)10-19-21(26)18-9-16-11-25(12-17-5-3-4-7-24-17)13-27-22(16)15(2)23(18)28-19/h3-10H,11-13H2,1-2H3/b19-10-. The van der Waals surface area contributed by atoms with Crippen molar-refractivity contribution in [2.75, 3.05) is 6.73 Å². The molecule has 5 rings (SSSR count). The molecule has 3 aromatic rings. The Morgan fingerprint density at radius 1 is 1.24 bits per heavy atom. The summed E-state index contributed by atoms with van der Waals surface area (Å²) in [5.74, 6) is 1.75. The second kappa shape index (κ2) is 7.13. The van der Waals surface area contributed by atoms with Gasteiger partial charge < -0.3 is 9.47 Å². The Morgan fingerprint density at radius 3 is 2.90 bits per heavy atom. The third-order valence-electron chi connectivity index (χ3n) is 5.28. The average molecular weight is 404 g/mol. The Balaban J connectivity index is 1.44. The van der Waals surface area contributed by atoms with E-state index in [9.17, 15) is 4.79 Å². The van der Waals surface area contributed by atoms with Crippen LogP contribution in [0.25, 0.3) is 6.08 Å². The van der Waals surface area contributed by atoms with Gasteiger partial charge in [-0.1, -0.05) is 6.07 Å². The Labute approximate surface area is 173 Å². The highest BCUT2D eigenvalue weighted by Gasteiger charge is 2.33. The van der Waals surface area contributed by atoms with Crippen molar-refractivity contribution in [3.63, 3.8) is 0 Å². The van der Waals surface area contributed by atoms with Crippen LogP contribution in [-0.4, -0.2) is 22.4 Å². The van der Waals surface area contributed by atoms with Crippen molar-refractivity contribution < 1.29 is 14.3 Å². The fraction of sp³-hybridized carbons (Fsp3) is 0.217. The van der Waals surface area contributed by atoms with Crippen molar-refractivity contribution in [1.29, 1.82) is 0 Å². The maximum Gasteiger partial charge on any atom is 0.232 e. The summed E-state index contributed by atoms with van der Waals surface area (Å²) in [6, 6.07) is 9.86. The van der Waals surface area contributed by atoms with E-state index < -0.39 is 0 Å². The number of ketones is 1. The van der Waals surface area contributed by atoms with Crippen molar-refractivity contribution in [1.82, 2.24) is 9.88 Å². The molecule has 2 aliphatic heterocycles. The SMILES string of the molecule is Cc1ccsc1/C=C1\Oc2c(cc3c(c2C)OCN(Cc2ccccn2)C3)C1=O. The number of hydrogen-bond acceptors (Lipinski definition) is 6. The number of aromatic nitrogens is 1. The van der Waals surface area contributed by atoms with Crippen molar-refractivity contribution in [3.8, 4) is 11.5 Å². The zero-order valence-corrected chi connectivity index (χ0v) is 17.1. The summed E-state index contributed by atoms with van der Waals surface area (Å²) in [6.45, 7) is 5.87. The highest BCUT2D eigenvalue weighted by atomic mass is 32.1. The summed E-state index contributed by atoms with van der Waals surface area (Å²) in [5, 5.41) is 2.02. The molecule has 2 aliphatic rings. The molecule has 0 unspecified atom stereocenters. The first-order valence-corrected chi connectivity index (χ1v) is 10.4. The molecule has 6 heteroatoms. The first-order valence-electron chi connectivity index (χ1n) is 9.50. The molecular weight excluding hydrogens is 384 g/mol. The molecule has 0 fully saturated rings. The van der Waals surface area contributed by atoms with Gasteiger partial charge in [0, 0.05) is 41.4 Å². The van der Waals surface area contributed by atoms with Gasteiger partial charge >= 0.3 is 0 Å². The lowest BCUT2D eigenvalue weighted by molar-refractivity contribution is 0.0865. The normalized spacial score (nSPS) is 17.0. The van der Waals surface area contributed by atoms with Crippen LogP contribution in [0.3, 0.4) is 0 Å². The number of benzene rings is 1. The summed E-state index contributed by atoms with van der Waals surface area (Å²) in [5.41, 5.74) is 4.64. The summed E-state index contributed by atoms with van der Waals surface area (Å²) in [4.78, 5) is 20.6. The number of Topliss-reactive ketones (excluding diaryl/α,β-unsaturated/α-hetero) is 1. The number of aryl methyl sites for hydroxylation is 1. The van der Waals surface area contributed by atoms with E-state index in [2.05, 4.69) is 9.88 Å². The van der Waals surface area contributed by atoms with Gasteiger partial charge in [-0.25, -0.2) is 0 Å². The highest BCUT2D eigenvalue weighted by molar-refractivity contribution is 7.11. The molecule has 146 valence electrons. The number of pyridine rings is 1. The van der Waals surface area contributed by atoms with E-state index in [0.717, 1.165) is 33.0 Å². The monoisotopic (exact) mass is 404 g/mol. The average Bonchev–Trinajstić information content (AvgIpc) is 3.27. The fourth-order valence-electron chi connectivity index (χ4n) is 3.77. The van der Waals surface area contributed by atoms with Gasteiger partial charge in [0.1, 0.15) is 18.2 Å². The lowest BCUT2D eigenvalue weighted by atomic mass is 10.00. The number of thiophene rings is 1. The largest absolute Gasteiger partial charge is 0.477 e. The van der Waals surface area contributed by atoms with E-state index in [1.54, 1.807) is 17.5 Å². The third kappa shape index (κ3) is 3.24. The molecule has 2 aromatic heterocycles. The lowest BCUT2D eigenvalue weighted by Gasteiger charge is -2.30. The highest BCUT2D eigenvalue weighted by Crippen LogP contribution is 2.43. The molecule has 1 aromatic carbocycles. The molecule has 0 amide bonds. The van der Waals surface area contributed by atoms with E-state index in [1.807, 2.05) is 55.6 Å². The molecule has 0 aliphatic carbocycles. The van der Waals surface area contributed by atoms with Crippen molar-refractivity contribution >= 4 is 23.2 Å². The van der Waals surface area contributed by atoms with Crippen LogP contribution in [0.1, 0.15) is 37.6 Å². The summed E-state index contributed by atoms with van der Waals surface area (Å²) >= 11 is 1.60. The maximum absolute atomic E-state index is 13.0. The van der Waals surface area contributed by atoms with Gasteiger partial charge in [-0.15, -0.1) is 11.3 Å². The number of carbonyl (C=O) groups is 1. The minimum Gasteiger partial charge on any atom is -0.477 e. The molecule has 0 spiro atoms. The zero-order valence-electron chi connectivity index (χ0n) is 16.3. The van der Waals surface area contributed by atoms with Gasteiger partial charge in [-0.2, -0.15) is 0 Å². The van der Waals surface area contributed by atoms with E-state index in [1.165, 1.54) is 0 Å². The predicted molar refractivity (Wildman–Crippen MR) is 112 cm³/mol. The zero-order chi connectivity index (χ0) is 20.0. The lowest BCUT2D eigenvalue weighted by Crippen LogP contribution is -2.32. The topological polar surface area (TPSA) is 51.7 Å². The molecule has 0 atom stereocenters. The Kier molecular flexibility index (Phi) is 4.45. The summed E-state index contributed by atoms with van der Waals surface area (Å²) < 4.78 is 12.0. The van der Waals surface area contributed by atoms with Crippen molar-refractivity contribution in [2.45, 2.75) is 26.9 Å². The van der Waals surface area contributed by atoms with E-state index in [-0.39, 0.29) is 5.78 Å². The smallest absolute Gasteiger partial charge is 0.232 e. The summed E-state index contributed by atoms with van der Waals surface area (Å²) in [6.07, 6.45) is 3.64. The molecule has 5 nitrogen and oxygen atoms in total. The number of hydrogen-bond donors (Lipinski definition) is 0. The van der Waals surface area contributed by atoms with Crippen molar-refractivity contribution in [2.24, 2.45) is 0 Å². The van der Waals surface area contributed by atoms with Gasteiger partial charge in [0.2, 0.25) is 5.78 Å². The van der Waals surface area contributed by atoms with Crippen LogP contribution < -0.4 is 9.47 Å². The second-order valence-electron chi connectivity index (χ2n) is 7.36. The molecule has 0 bridgehead atoms. The van der Waals surface area contributed by atoms with Crippen molar-refractivity contribution in [3.05, 3.63) is 80.5 Å². The van der Waals surface area contributed by atoms with Crippen LogP contribution in [0.15, 0.2) is 47.7 Å². The second-order valence-corrected chi connectivity index (χ2v) is 8.30. The molecule has 4 heterocycles. The number of ether oxygens (including phenoxy) is 2. The molecule has 0 saturated carbocycles. The van der Waals surface area contributed by atoms with E-state index in [0.29, 0.717) is 36.9 Å². The van der Waals surface area contributed by atoms with E-state index >= 15 is 0 Å². The summed E-state index contributed by atoms with van der Waals surface area (Å²) in [7, 11) is 0. The maximum atomic E-state index is 13.0. The quantitative estimate of drug-likeness (QED) is 0.591.